The molecule has 0 spiro atoms. The fourth-order valence-electron chi connectivity index (χ4n) is 3.70. The third kappa shape index (κ3) is 3.11. The molecule has 1 aromatic carbocycles. The normalized spacial score (nSPS) is 15.8. The summed E-state index contributed by atoms with van der Waals surface area (Å²) in [5.41, 5.74) is 5.81. The van der Waals surface area contributed by atoms with Gasteiger partial charge in [-0.05, 0) is 36.2 Å². The molecule has 144 valence electrons. The van der Waals surface area contributed by atoms with E-state index in [0.29, 0.717) is 23.9 Å². The van der Waals surface area contributed by atoms with Crippen LogP contribution in [0.2, 0.25) is 0 Å². The first-order valence-corrected chi connectivity index (χ1v) is 10.2. The van der Waals surface area contributed by atoms with E-state index in [4.69, 9.17) is 0 Å². The molecular formula is C21H18N6OS. The number of nitrogens with zero attached hydrogens (tertiary/aromatic N) is 5. The van der Waals surface area contributed by atoms with Crippen molar-refractivity contribution >= 4 is 23.1 Å². The lowest BCUT2D eigenvalue weighted by molar-refractivity contribution is -0.116. The van der Waals surface area contributed by atoms with Gasteiger partial charge in [-0.3, -0.25) is 4.79 Å². The van der Waals surface area contributed by atoms with Gasteiger partial charge in [-0.15, -0.1) is 5.10 Å². The SMILES string of the molecule is Cc1ccc(-c2cnnc(-n3nc(C)c4c3NC(=O)C[C@H]4c3ccsc3)n2)cc1. The summed E-state index contributed by atoms with van der Waals surface area (Å²) in [5, 5.41) is 20.0. The predicted molar refractivity (Wildman–Crippen MR) is 111 cm³/mol. The van der Waals surface area contributed by atoms with E-state index in [1.165, 1.54) is 5.56 Å². The molecule has 4 heterocycles. The maximum Gasteiger partial charge on any atom is 0.272 e. The van der Waals surface area contributed by atoms with Crippen LogP contribution >= 0.6 is 11.3 Å². The van der Waals surface area contributed by atoms with Crippen LogP contribution in [0.4, 0.5) is 5.82 Å². The Balaban J connectivity index is 1.62. The number of nitrogens with one attached hydrogen (secondary N) is 1. The monoisotopic (exact) mass is 402 g/mol. The van der Waals surface area contributed by atoms with Crippen LogP contribution in [-0.4, -0.2) is 30.9 Å². The molecule has 4 aromatic rings. The van der Waals surface area contributed by atoms with E-state index in [-0.39, 0.29) is 11.8 Å². The molecule has 1 aliphatic rings. The number of carbonyl (C=O) groups excluding carboxylic acids is 1. The van der Waals surface area contributed by atoms with Crippen LogP contribution in [0.3, 0.4) is 0 Å². The number of carbonyl (C=O) groups is 1. The maximum atomic E-state index is 12.4. The first-order valence-electron chi connectivity index (χ1n) is 9.29. The Bertz CT molecular complexity index is 1200. The number of hydrogen-bond acceptors (Lipinski definition) is 6. The zero-order valence-electron chi connectivity index (χ0n) is 16.0. The average Bonchev–Trinajstić information content (AvgIpc) is 3.37. The van der Waals surface area contributed by atoms with Crippen molar-refractivity contribution in [2.24, 2.45) is 0 Å². The molecule has 1 N–H and O–H groups in total. The van der Waals surface area contributed by atoms with Crippen molar-refractivity contribution in [1.82, 2.24) is 25.0 Å². The summed E-state index contributed by atoms with van der Waals surface area (Å²) in [5.74, 6) is 0.890. The standard InChI is InChI=1S/C21H18N6OS/c1-12-3-5-14(6-4-12)17-10-22-25-21(23-17)27-20-19(13(2)26-27)16(9-18(28)24-20)15-7-8-29-11-15/h3-8,10-11,16H,9H2,1-2H3,(H,24,28)/t16-/m0/s1. The molecule has 0 saturated heterocycles. The number of anilines is 1. The van der Waals surface area contributed by atoms with Gasteiger partial charge in [-0.1, -0.05) is 29.8 Å². The minimum Gasteiger partial charge on any atom is -0.310 e. The summed E-state index contributed by atoms with van der Waals surface area (Å²) in [6.07, 6.45) is 2.03. The van der Waals surface area contributed by atoms with Crippen molar-refractivity contribution in [3.05, 3.63) is 69.7 Å². The van der Waals surface area contributed by atoms with E-state index in [0.717, 1.165) is 22.4 Å². The topological polar surface area (TPSA) is 85.6 Å². The molecule has 0 aliphatic carbocycles. The molecule has 7 nitrogen and oxygen atoms in total. The molecule has 0 bridgehead atoms. The van der Waals surface area contributed by atoms with Gasteiger partial charge in [-0.2, -0.15) is 26.2 Å². The first kappa shape index (κ1) is 17.7. The smallest absolute Gasteiger partial charge is 0.272 e. The summed E-state index contributed by atoms with van der Waals surface area (Å²) in [6.45, 7) is 3.99. The molecule has 1 amide bonds. The van der Waals surface area contributed by atoms with E-state index < -0.39 is 0 Å². The van der Waals surface area contributed by atoms with Gasteiger partial charge in [0.15, 0.2) is 0 Å². The largest absolute Gasteiger partial charge is 0.310 e. The van der Waals surface area contributed by atoms with Gasteiger partial charge in [0.25, 0.3) is 5.95 Å². The van der Waals surface area contributed by atoms with Gasteiger partial charge in [-0.25, -0.2) is 4.98 Å². The molecule has 0 saturated carbocycles. The van der Waals surface area contributed by atoms with Crippen LogP contribution in [0.5, 0.6) is 0 Å². The van der Waals surface area contributed by atoms with Crippen molar-refractivity contribution in [2.45, 2.75) is 26.2 Å². The predicted octanol–water partition coefficient (Wildman–Crippen LogP) is 3.88. The Morgan fingerprint density at radius 2 is 2.00 bits per heavy atom. The lowest BCUT2D eigenvalue weighted by atomic mass is 9.87. The Labute approximate surface area is 171 Å². The molecule has 0 fully saturated rings. The quantitative estimate of drug-likeness (QED) is 0.562. The molecule has 0 radical (unpaired) electrons. The molecule has 0 unspecified atom stereocenters. The van der Waals surface area contributed by atoms with Crippen LogP contribution in [0, 0.1) is 13.8 Å². The first-order chi connectivity index (χ1) is 14.1. The maximum absolute atomic E-state index is 12.4. The fraction of sp³-hybridized carbons (Fsp3) is 0.190. The molecule has 1 aliphatic heterocycles. The molecule has 29 heavy (non-hydrogen) atoms. The Kier molecular flexibility index (Phi) is 4.21. The van der Waals surface area contributed by atoms with E-state index in [1.54, 1.807) is 22.2 Å². The number of aromatic nitrogens is 5. The lowest BCUT2D eigenvalue weighted by Crippen LogP contribution is -2.25. The Morgan fingerprint density at radius 3 is 2.76 bits per heavy atom. The second-order valence-corrected chi connectivity index (χ2v) is 7.91. The number of fused-ring (bicyclic) bond motifs is 1. The van der Waals surface area contributed by atoms with E-state index >= 15 is 0 Å². The zero-order chi connectivity index (χ0) is 20.0. The third-order valence-corrected chi connectivity index (χ3v) is 5.83. The minimum absolute atomic E-state index is 0.0213. The molecule has 8 heteroatoms. The number of rotatable bonds is 3. The van der Waals surface area contributed by atoms with Crippen molar-refractivity contribution in [1.29, 1.82) is 0 Å². The van der Waals surface area contributed by atoms with Crippen molar-refractivity contribution in [2.75, 3.05) is 5.32 Å². The van der Waals surface area contributed by atoms with Crippen molar-refractivity contribution in [3.63, 3.8) is 0 Å². The van der Waals surface area contributed by atoms with Crippen LogP contribution in [0.25, 0.3) is 17.2 Å². The number of aryl methyl sites for hydroxylation is 2. The van der Waals surface area contributed by atoms with Crippen LogP contribution in [0.1, 0.15) is 34.7 Å². The molecule has 5 rings (SSSR count). The zero-order valence-corrected chi connectivity index (χ0v) is 16.8. The van der Waals surface area contributed by atoms with E-state index in [2.05, 4.69) is 37.0 Å². The van der Waals surface area contributed by atoms with Gasteiger partial charge in [0.05, 0.1) is 17.6 Å². The van der Waals surface area contributed by atoms with Gasteiger partial charge >= 0.3 is 0 Å². The third-order valence-electron chi connectivity index (χ3n) is 5.13. The number of thiophene rings is 1. The Morgan fingerprint density at radius 1 is 1.17 bits per heavy atom. The second kappa shape index (κ2) is 6.89. The van der Waals surface area contributed by atoms with Crippen LogP contribution < -0.4 is 5.32 Å². The fourth-order valence-corrected chi connectivity index (χ4v) is 4.41. The lowest BCUT2D eigenvalue weighted by Gasteiger charge is -2.23. The average molecular weight is 402 g/mol. The van der Waals surface area contributed by atoms with Crippen molar-refractivity contribution in [3.8, 4) is 17.2 Å². The van der Waals surface area contributed by atoms with Gasteiger partial charge in [0, 0.05) is 23.5 Å². The molecule has 1 atom stereocenters. The summed E-state index contributed by atoms with van der Waals surface area (Å²) in [6, 6.07) is 10.1. The van der Waals surface area contributed by atoms with Gasteiger partial charge < -0.3 is 5.32 Å². The van der Waals surface area contributed by atoms with Crippen LogP contribution in [-0.2, 0) is 4.79 Å². The highest BCUT2D eigenvalue weighted by molar-refractivity contribution is 7.08. The van der Waals surface area contributed by atoms with Gasteiger partial charge in [0.2, 0.25) is 5.91 Å². The number of hydrogen-bond donors (Lipinski definition) is 1. The van der Waals surface area contributed by atoms with Crippen molar-refractivity contribution < 1.29 is 4.79 Å². The van der Waals surface area contributed by atoms with E-state index in [1.807, 2.05) is 43.5 Å². The van der Waals surface area contributed by atoms with E-state index in [9.17, 15) is 4.79 Å². The highest BCUT2D eigenvalue weighted by Crippen LogP contribution is 2.40. The highest BCUT2D eigenvalue weighted by Gasteiger charge is 2.33. The summed E-state index contributed by atoms with van der Waals surface area (Å²) >= 11 is 1.63. The van der Waals surface area contributed by atoms with Gasteiger partial charge in [0.1, 0.15) is 5.82 Å². The summed E-state index contributed by atoms with van der Waals surface area (Å²) in [4.78, 5) is 17.1. The second-order valence-electron chi connectivity index (χ2n) is 7.13. The number of benzene rings is 1. The minimum atomic E-state index is -0.0440. The highest BCUT2D eigenvalue weighted by atomic mass is 32.1. The number of amides is 1. The molecule has 3 aromatic heterocycles. The van der Waals surface area contributed by atoms with Crippen LogP contribution in [0.15, 0.2) is 47.3 Å². The Hall–Kier alpha value is -3.39. The summed E-state index contributed by atoms with van der Waals surface area (Å²) in [7, 11) is 0. The summed E-state index contributed by atoms with van der Waals surface area (Å²) < 4.78 is 1.59. The molecular weight excluding hydrogens is 384 g/mol.